The van der Waals surface area contributed by atoms with Crippen molar-refractivity contribution in [2.45, 2.75) is 27.2 Å². The summed E-state index contributed by atoms with van der Waals surface area (Å²) >= 11 is 2.83. The molecule has 6 nitrogen and oxygen atoms in total. The van der Waals surface area contributed by atoms with Crippen LogP contribution in [0.3, 0.4) is 0 Å². The van der Waals surface area contributed by atoms with E-state index in [0.717, 1.165) is 26.8 Å². The summed E-state index contributed by atoms with van der Waals surface area (Å²) in [6.07, 6.45) is 0.115. The van der Waals surface area contributed by atoms with Gasteiger partial charge in [-0.25, -0.2) is 9.78 Å². The third-order valence-corrected chi connectivity index (χ3v) is 6.39. The molecular formula is C21H22N2O4S2. The molecule has 152 valence electrons. The minimum atomic E-state index is -0.453. The van der Waals surface area contributed by atoms with Crippen LogP contribution in [0.25, 0.3) is 10.6 Å². The molecule has 0 saturated carbocycles. The average Bonchev–Trinajstić information content (AvgIpc) is 3.26. The predicted octanol–water partition coefficient (Wildman–Crippen LogP) is 4.85. The number of thiazole rings is 1. The second kappa shape index (κ2) is 9.19. The Balaban J connectivity index is 1.75. The molecule has 0 spiro atoms. The van der Waals surface area contributed by atoms with Crippen LogP contribution in [0.2, 0.25) is 0 Å². The first-order valence-electron chi connectivity index (χ1n) is 9.09. The maximum absolute atomic E-state index is 12.6. The first-order valence-corrected chi connectivity index (χ1v) is 10.8. The largest absolute Gasteiger partial charge is 0.493 e. The van der Waals surface area contributed by atoms with Crippen LogP contribution < -0.4 is 10.1 Å². The number of rotatable bonds is 7. The van der Waals surface area contributed by atoms with E-state index in [1.165, 1.54) is 29.8 Å². The van der Waals surface area contributed by atoms with Crippen LogP contribution in [0, 0.1) is 13.8 Å². The molecule has 0 atom stereocenters. The van der Waals surface area contributed by atoms with Gasteiger partial charge in [-0.1, -0.05) is 12.1 Å². The summed E-state index contributed by atoms with van der Waals surface area (Å²) in [7, 11) is 1.33. The fourth-order valence-corrected chi connectivity index (χ4v) is 4.75. The number of benzene rings is 1. The lowest BCUT2D eigenvalue weighted by atomic mass is 10.1. The SMILES string of the molecule is CCOc1ccccc1-c1nc(CC(=O)Nc2sc(C)c(C)c2C(=O)OC)cs1. The van der Waals surface area contributed by atoms with Crippen LogP contribution in [0.5, 0.6) is 5.75 Å². The Morgan fingerprint density at radius 1 is 1.21 bits per heavy atom. The van der Waals surface area contributed by atoms with Gasteiger partial charge in [0.2, 0.25) is 5.91 Å². The van der Waals surface area contributed by atoms with Crippen LogP contribution in [-0.2, 0) is 16.0 Å². The standard InChI is InChI=1S/C21H22N2O4S2/c1-5-27-16-9-7-6-8-15(16)19-22-14(11-28-19)10-17(24)23-20-18(21(25)26-4)12(2)13(3)29-20/h6-9,11H,5,10H2,1-4H3,(H,23,24). The molecule has 0 aliphatic heterocycles. The van der Waals surface area contributed by atoms with Gasteiger partial charge >= 0.3 is 5.97 Å². The van der Waals surface area contributed by atoms with E-state index in [1.54, 1.807) is 0 Å². The first-order chi connectivity index (χ1) is 13.9. The Labute approximate surface area is 177 Å². The molecule has 3 aromatic rings. The lowest BCUT2D eigenvalue weighted by Gasteiger charge is -2.07. The molecular weight excluding hydrogens is 408 g/mol. The van der Waals surface area contributed by atoms with Crippen molar-refractivity contribution >= 4 is 39.6 Å². The molecule has 0 bridgehead atoms. The highest BCUT2D eigenvalue weighted by atomic mass is 32.1. The lowest BCUT2D eigenvalue weighted by Crippen LogP contribution is -2.16. The zero-order chi connectivity index (χ0) is 21.0. The van der Waals surface area contributed by atoms with Gasteiger partial charge in [-0.05, 0) is 38.5 Å². The number of hydrogen-bond donors (Lipinski definition) is 1. The van der Waals surface area contributed by atoms with Crippen LogP contribution in [-0.4, -0.2) is 30.6 Å². The van der Waals surface area contributed by atoms with Gasteiger partial charge in [0.15, 0.2) is 0 Å². The molecule has 2 aromatic heterocycles. The van der Waals surface area contributed by atoms with Crippen molar-refractivity contribution in [3.8, 4) is 16.3 Å². The van der Waals surface area contributed by atoms with E-state index < -0.39 is 5.97 Å². The van der Waals surface area contributed by atoms with E-state index in [4.69, 9.17) is 9.47 Å². The molecule has 0 fully saturated rings. The number of amides is 1. The number of aryl methyl sites for hydroxylation is 1. The molecule has 2 heterocycles. The Bertz CT molecular complexity index is 1040. The van der Waals surface area contributed by atoms with Gasteiger partial charge < -0.3 is 14.8 Å². The minimum Gasteiger partial charge on any atom is -0.493 e. The second-order valence-corrected chi connectivity index (χ2v) is 8.36. The fourth-order valence-electron chi connectivity index (χ4n) is 2.83. The summed E-state index contributed by atoms with van der Waals surface area (Å²) in [6.45, 7) is 6.26. The number of hydrogen-bond acceptors (Lipinski definition) is 7. The summed E-state index contributed by atoms with van der Waals surface area (Å²) < 4.78 is 10.5. The number of para-hydroxylation sites is 1. The van der Waals surface area contributed by atoms with E-state index in [2.05, 4.69) is 10.3 Å². The number of anilines is 1. The summed E-state index contributed by atoms with van der Waals surface area (Å²) in [4.78, 5) is 30.2. The maximum atomic E-state index is 12.6. The molecule has 1 aromatic carbocycles. The number of carbonyl (C=O) groups is 2. The van der Waals surface area contributed by atoms with E-state index >= 15 is 0 Å². The van der Waals surface area contributed by atoms with Gasteiger partial charge in [0.1, 0.15) is 15.8 Å². The summed E-state index contributed by atoms with van der Waals surface area (Å²) in [5, 5.41) is 6.01. The topological polar surface area (TPSA) is 77.5 Å². The second-order valence-electron chi connectivity index (χ2n) is 6.28. The van der Waals surface area contributed by atoms with Gasteiger partial charge in [-0.2, -0.15) is 0 Å². The fraction of sp³-hybridized carbons (Fsp3) is 0.286. The first kappa shape index (κ1) is 21.0. The molecule has 0 saturated heterocycles. The molecule has 0 unspecified atom stereocenters. The molecule has 0 aliphatic rings. The van der Waals surface area contributed by atoms with Crippen LogP contribution in [0.15, 0.2) is 29.6 Å². The molecule has 1 N–H and O–H groups in total. The van der Waals surface area contributed by atoms with E-state index in [0.29, 0.717) is 22.9 Å². The van der Waals surface area contributed by atoms with Gasteiger partial charge in [0.25, 0.3) is 0 Å². The van der Waals surface area contributed by atoms with Crippen molar-refractivity contribution in [2.24, 2.45) is 0 Å². The van der Waals surface area contributed by atoms with Gasteiger partial charge in [0, 0.05) is 10.3 Å². The van der Waals surface area contributed by atoms with E-state index in [9.17, 15) is 9.59 Å². The zero-order valence-corrected chi connectivity index (χ0v) is 18.3. The number of thiophene rings is 1. The van der Waals surface area contributed by atoms with Crippen molar-refractivity contribution in [3.63, 3.8) is 0 Å². The Morgan fingerprint density at radius 2 is 1.97 bits per heavy atom. The van der Waals surface area contributed by atoms with E-state index in [1.807, 2.05) is 50.4 Å². The normalized spacial score (nSPS) is 10.6. The zero-order valence-electron chi connectivity index (χ0n) is 16.7. The van der Waals surface area contributed by atoms with Gasteiger partial charge in [-0.3, -0.25) is 4.79 Å². The number of nitrogens with one attached hydrogen (secondary N) is 1. The highest BCUT2D eigenvalue weighted by molar-refractivity contribution is 7.16. The van der Waals surface area contributed by atoms with Crippen molar-refractivity contribution in [2.75, 3.05) is 19.0 Å². The third-order valence-electron chi connectivity index (χ3n) is 4.34. The number of methoxy groups -OCH3 is 1. The minimum absolute atomic E-state index is 0.115. The number of esters is 1. The Kier molecular flexibility index (Phi) is 6.66. The summed E-state index contributed by atoms with van der Waals surface area (Å²) in [5.74, 6) is 0.0876. The number of ether oxygens (including phenoxy) is 2. The monoisotopic (exact) mass is 430 g/mol. The smallest absolute Gasteiger partial charge is 0.341 e. The van der Waals surface area contributed by atoms with Crippen LogP contribution >= 0.6 is 22.7 Å². The van der Waals surface area contributed by atoms with Crippen molar-refractivity contribution in [1.82, 2.24) is 4.98 Å². The van der Waals surface area contributed by atoms with Gasteiger partial charge in [-0.15, -0.1) is 22.7 Å². The number of nitrogens with zero attached hydrogens (tertiary/aromatic N) is 1. The van der Waals surface area contributed by atoms with Crippen molar-refractivity contribution < 1.29 is 19.1 Å². The van der Waals surface area contributed by atoms with Crippen LogP contribution in [0.4, 0.5) is 5.00 Å². The summed E-state index contributed by atoms with van der Waals surface area (Å²) in [5.41, 5.74) is 2.80. The molecule has 1 amide bonds. The van der Waals surface area contributed by atoms with Crippen LogP contribution in [0.1, 0.15) is 33.4 Å². The molecule has 8 heteroatoms. The molecule has 0 aliphatic carbocycles. The Hall–Kier alpha value is -2.71. The quantitative estimate of drug-likeness (QED) is 0.542. The predicted molar refractivity (Wildman–Crippen MR) is 116 cm³/mol. The maximum Gasteiger partial charge on any atom is 0.341 e. The third kappa shape index (κ3) is 4.65. The van der Waals surface area contributed by atoms with Crippen molar-refractivity contribution in [1.29, 1.82) is 0 Å². The summed E-state index contributed by atoms with van der Waals surface area (Å²) in [6, 6.07) is 7.71. The van der Waals surface area contributed by atoms with E-state index in [-0.39, 0.29) is 12.3 Å². The van der Waals surface area contributed by atoms with Crippen molar-refractivity contribution in [3.05, 3.63) is 51.3 Å². The average molecular weight is 431 g/mol. The number of carbonyl (C=O) groups excluding carboxylic acids is 2. The lowest BCUT2D eigenvalue weighted by molar-refractivity contribution is -0.115. The molecule has 3 rings (SSSR count). The Morgan fingerprint density at radius 3 is 2.69 bits per heavy atom. The molecule has 29 heavy (non-hydrogen) atoms. The highest BCUT2D eigenvalue weighted by Gasteiger charge is 2.22. The van der Waals surface area contributed by atoms with Gasteiger partial charge in [0.05, 0.1) is 37.0 Å². The molecule has 0 radical (unpaired) electrons. The number of aromatic nitrogens is 1. The highest BCUT2D eigenvalue weighted by Crippen LogP contribution is 2.34.